The molecule has 0 aromatic heterocycles. The number of rotatable bonds is 1. The number of amides is 1. The number of hydrogen-bond donors (Lipinski definition) is 1. The molecule has 0 bridgehead atoms. The first-order valence-electron chi connectivity index (χ1n) is 6.19. The molecular formula is C15H14N2O2. The third-order valence-electron chi connectivity index (χ3n) is 3.27. The molecule has 2 aromatic carbocycles. The summed E-state index contributed by atoms with van der Waals surface area (Å²) in [6, 6.07) is 15.8. The van der Waals surface area contributed by atoms with Crippen molar-refractivity contribution in [3.05, 3.63) is 59.7 Å². The van der Waals surface area contributed by atoms with E-state index < -0.39 is 6.09 Å². The zero-order chi connectivity index (χ0) is 13.2. The molecule has 2 aromatic rings. The van der Waals surface area contributed by atoms with Gasteiger partial charge in [-0.1, -0.05) is 36.4 Å². The number of primary amides is 1. The van der Waals surface area contributed by atoms with Gasteiger partial charge in [0.1, 0.15) is 0 Å². The molecule has 0 atom stereocenters. The van der Waals surface area contributed by atoms with Crippen molar-refractivity contribution in [2.75, 3.05) is 5.06 Å². The monoisotopic (exact) mass is 254 g/mol. The summed E-state index contributed by atoms with van der Waals surface area (Å²) < 4.78 is 0. The van der Waals surface area contributed by atoms with Crippen LogP contribution in [0.4, 0.5) is 16.2 Å². The van der Waals surface area contributed by atoms with Gasteiger partial charge in [0, 0.05) is 0 Å². The Labute approximate surface area is 111 Å². The first-order chi connectivity index (χ1) is 9.25. The van der Waals surface area contributed by atoms with Crippen molar-refractivity contribution in [1.29, 1.82) is 0 Å². The van der Waals surface area contributed by atoms with Crippen molar-refractivity contribution in [3.8, 4) is 0 Å². The molecule has 1 aliphatic rings. The van der Waals surface area contributed by atoms with Gasteiger partial charge in [-0.3, -0.25) is 0 Å². The third kappa shape index (κ3) is 2.12. The molecule has 0 fully saturated rings. The molecule has 0 saturated heterocycles. The maximum absolute atomic E-state index is 11.2. The Kier molecular flexibility index (Phi) is 2.83. The summed E-state index contributed by atoms with van der Waals surface area (Å²) in [5.41, 5.74) is 9.20. The van der Waals surface area contributed by atoms with Crippen molar-refractivity contribution in [2.24, 2.45) is 5.73 Å². The first-order valence-corrected chi connectivity index (χ1v) is 6.19. The van der Waals surface area contributed by atoms with E-state index in [1.54, 1.807) is 0 Å². The standard InChI is InChI=1S/C15H14N2O2/c16-15(18)19-17-13-7-3-1-5-11(13)9-10-12-6-2-4-8-14(12)17/h1-8H,9-10H2,(H2,16,18). The van der Waals surface area contributed by atoms with Crippen LogP contribution in [0, 0.1) is 0 Å². The van der Waals surface area contributed by atoms with Gasteiger partial charge in [0.2, 0.25) is 0 Å². The number of hydrogen-bond acceptors (Lipinski definition) is 3. The molecule has 0 radical (unpaired) electrons. The third-order valence-corrected chi connectivity index (χ3v) is 3.27. The zero-order valence-corrected chi connectivity index (χ0v) is 10.4. The van der Waals surface area contributed by atoms with Gasteiger partial charge in [-0.25, -0.2) is 4.79 Å². The molecule has 19 heavy (non-hydrogen) atoms. The lowest BCUT2D eigenvalue weighted by Gasteiger charge is -2.23. The lowest BCUT2D eigenvalue weighted by Crippen LogP contribution is -2.27. The molecule has 0 spiro atoms. The van der Waals surface area contributed by atoms with Gasteiger partial charge in [-0.2, -0.15) is 5.06 Å². The average Bonchev–Trinajstić information content (AvgIpc) is 2.57. The van der Waals surface area contributed by atoms with E-state index >= 15 is 0 Å². The number of carbonyl (C=O) groups excluding carboxylic acids is 1. The normalized spacial score (nSPS) is 13.2. The van der Waals surface area contributed by atoms with Crippen LogP contribution >= 0.6 is 0 Å². The molecule has 4 nitrogen and oxygen atoms in total. The quantitative estimate of drug-likeness (QED) is 0.851. The second-order valence-corrected chi connectivity index (χ2v) is 4.46. The second kappa shape index (κ2) is 4.65. The van der Waals surface area contributed by atoms with E-state index in [2.05, 4.69) is 0 Å². The fourth-order valence-electron chi connectivity index (χ4n) is 2.43. The number of fused-ring (bicyclic) bond motifs is 2. The number of aryl methyl sites for hydroxylation is 2. The molecule has 1 amide bonds. The van der Waals surface area contributed by atoms with Crippen LogP contribution < -0.4 is 10.8 Å². The molecule has 3 rings (SSSR count). The largest absolute Gasteiger partial charge is 0.429 e. The van der Waals surface area contributed by atoms with Crippen molar-refractivity contribution >= 4 is 17.5 Å². The molecule has 0 aliphatic carbocycles. The van der Waals surface area contributed by atoms with E-state index in [0.717, 1.165) is 35.3 Å². The zero-order valence-electron chi connectivity index (χ0n) is 10.4. The SMILES string of the molecule is NC(=O)ON1c2ccccc2CCc2ccccc21. The minimum absolute atomic E-state index is 0.813. The summed E-state index contributed by atoms with van der Waals surface area (Å²) >= 11 is 0. The molecule has 4 heteroatoms. The molecule has 0 saturated carbocycles. The molecule has 96 valence electrons. The summed E-state index contributed by atoms with van der Waals surface area (Å²) in [6.45, 7) is 0. The molecule has 0 unspecified atom stereocenters. The van der Waals surface area contributed by atoms with Crippen molar-refractivity contribution in [2.45, 2.75) is 12.8 Å². The van der Waals surface area contributed by atoms with E-state index in [4.69, 9.17) is 10.6 Å². The Morgan fingerprint density at radius 1 is 0.947 bits per heavy atom. The Morgan fingerprint density at radius 2 is 1.42 bits per heavy atom. The number of nitrogens with two attached hydrogens (primary N) is 1. The van der Waals surface area contributed by atoms with E-state index in [0.29, 0.717) is 0 Å². The molecule has 2 N–H and O–H groups in total. The highest BCUT2D eigenvalue weighted by molar-refractivity contribution is 5.74. The van der Waals surface area contributed by atoms with Gasteiger partial charge >= 0.3 is 6.09 Å². The van der Waals surface area contributed by atoms with Gasteiger partial charge in [-0.15, -0.1) is 0 Å². The van der Waals surface area contributed by atoms with E-state index in [1.165, 1.54) is 5.06 Å². The summed E-state index contributed by atoms with van der Waals surface area (Å²) in [7, 11) is 0. The van der Waals surface area contributed by atoms with Crippen LogP contribution in [0.25, 0.3) is 0 Å². The van der Waals surface area contributed by atoms with Crippen molar-refractivity contribution in [1.82, 2.24) is 0 Å². The maximum atomic E-state index is 11.2. The van der Waals surface area contributed by atoms with Gasteiger partial charge in [0.15, 0.2) is 0 Å². The van der Waals surface area contributed by atoms with Crippen molar-refractivity contribution < 1.29 is 9.63 Å². The molecule has 1 heterocycles. The minimum Gasteiger partial charge on any atom is -0.333 e. The lowest BCUT2D eigenvalue weighted by molar-refractivity contribution is 0.157. The average molecular weight is 254 g/mol. The first kappa shape index (κ1) is 11.6. The lowest BCUT2D eigenvalue weighted by atomic mass is 10.0. The van der Waals surface area contributed by atoms with Crippen LogP contribution in [0.15, 0.2) is 48.5 Å². The highest BCUT2D eigenvalue weighted by Crippen LogP contribution is 2.35. The number of para-hydroxylation sites is 2. The highest BCUT2D eigenvalue weighted by Gasteiger charge is 2.22. The fourth-order valence-corrected chi connectivity index (χ4v) is 2.43. The van der Waals surface area contributed by atoms with E-state index in [1.807, 2.05) is 48.5 Å². The topological polar surface area (TPSA) is 55.6 Å². The van der Waals surface area contributed by atoms with Crippen molar-refractivity contribution in [3.63, 3.8) is 0 Å². The predicted octanol–water partition coefficient (Wildman–Crippen LogP) is 2.93. The smallest absolute Gasteiger partial charge is 0.333 e. The number of anilines is 2. The minimum atomic E-state index is -0.813. The van der Waals surface area contributed by atoms with Crippen LogP contribution in [-0.2, 0) is 17.7 Å². The Morgan fingerprint density at radius 3 is 1.89 bits per heavy atom. The molecular weight excluding hydrogens is 240 g/mol. The molecule has 1 aliphatic heterocycles. The van der Waals surface area contributed by atoms with E-state index in [-0.39, 0.29) is 0 Å². The second-order valence-electron chi connectivity index (χ2n) is 4.46. The summed E-state index contributed by atoms with van der Waals surface area (Å²) in [6.07, 6.45) is 1.00. The maximum Gasteiger partial charge on any atom is 0.429 e. The van der Waals surface area contributed by atoms with Crippen LogP contribution in [-0.4, -0.2) is 6.09 Å². The summed E-state index contributed by atoms with van der Waals surface area (Å²) in [4.78, 5) is 16.4. The number of nitrogens with zero attached hydrogens (tertiary/aromatic N) is 1. The van der Waals surface area contributed by atoms with Gasteiger partial charge in [-0.05, 0) is 36.1 Å². The Bertz CT molecular complexity index is 578. The van der Waals surface area contributed by atoms with Gasteiger partial charge in [0.25, 0.3) is 0 Å². The van der Waals surface area contributed by atoms with Crippen LogP contribution in [0.5, 0.6) is 0 Å². The van der Waals surface area contributed by atoms with Crippen LogP contribution in [0.2, 0.25) is 0 Å². The van der Waals surface area contributed by atoms with Gasteiger partial charge in [0.05, 0.1) is 11.4 Å². The fraction of sp³-hybridized carbons (Fsp3) is 0.133. The highest BCUT2D eigenvalue weighted by atomic mass is 16.7. The predicted molar refractivity (Wildman–Crippen MR) is 73.1 cm³/mol. The number of benzene rings is 2. The van der Waals surface area contributed by atoms with E-state index in [9.17, 15) is 4.79 Å². The summed E-state index contributed by atoms with van der Waals surface area (Å²) in [5.74, 6) is 0. The van der Waals surface area contributed by atoms with Crippen LogP contribution in [0.3, 0.4) is 0 Å². The Balaban J connectivity index is 2.16. The Hall–Kier alpha value is -2.49. The van der Waals surface area contributed by atoms with Crippen LogP contribution in [0.1, 0.15) is 11.1 Å². The summed E-state index contributed by atoms with van der Waals surface area (Å²) in [5, 5.41) is 1.53. The van der Waals surface area contributed by atoms with Gasteiger partial charge < -0.3 is 10.6 Å². The number of carbonyl (C=O) groups is 1.